The van der Waals surface area contributed by atoms with Crippen LogP contribution in [-0.2, 0) is 4.79 Å². The van der Waals surface area contributed by atoms with Crippen molar-refractivity contribution in [1.82, 2.24) is 5.43 Å². The molecule has 6 heteroatoms. The molecule has 124 valence electrons. The Kier molecular flexibility index (Phi) is 5.68. The van der Waals surface area contributed by atoms with Gasteiger partial charge in [-0.3, -0.25) is 9.59 Å². The molecule has 24 heavy (non-hydrogen) atoms. The van der Waals surface area contributed by atoms with Crippen LogP contribution in [0.2, 0.25) is 0 Å². The lowest BCUT2D eigenvalue weighted by molar-refractivity contribution is -0.114. The average molecular weight is 324 g/mol. The van der Waals surface area contributed by atoms with Crippen molar-refractivity contribution in [1.29, 1.82) is 0 Å². The number of hydrogen-bond donors (Lipinski definition) is 2. The van der Waals surface area contributed by atoms with E-state index >= 15 is 0 Å². The van der Waals surface area contributed by atoms with Crippen molar-refractivity contribution in [2.75, 3.05) is 24.3 Å². The van der Waals surface area contributed by atoms with Crippen LogP contribution in [0.15, 0.2) is 53.6 Å². The fraction of sp³-hybridized carbons (Fsp3) is 0.167. The molecular formula is C18H20N4O2. The van der Waals surface area contributed by atoms with Crippen molar-refractivity contribution in [2.24, 2.45) is 5.10 Å². The Hall–Kier alpha value is -3.15. The molecule has 0 radical (unpaired) electrons. The van der Waals surface area contributed by atoms with Gasteiger partial charge in [-0.2, -0.15) is 5.10 Å². The van der Waals surface area contributed by atoms with E-state index in [-0.39, 0.29) is 11.8 Å². The molecule has 2 N–H and O–H groups in total. The maximum absolute atomic E-state index is 12.0. The first-order valence-corrected chi connectivity index (χ1v) is 7.44. The Balaban J connectivity index is 1.93. The smallest absolute Gasteiger partial charge is 0.271 e. The Morgan fingerprint density at radius 3 is 2.17 bits per heavy atom. The van der Waals surface area contributed by atoms with Gasteiger partial charge in [-0.15, -0.1) is 0 Å². The Bertz CT molecular complexity index is 735. The molecule has 0 saturated carbocycles. The Morgan fingerprint density at radius 2 is 1.62 bits per heavy atom. The molecule has 0 aliphatic heterocycles. The van der Waals surface area contributed by atoms with Crippen LogP contribution >= 0.6 is 0 Å². The summed E-state index contributed by atoms with van der Waals surface area (Å²) in [5.41, 5.74) is 5.58. The molecule has 0 spiro atoms. The Labute approximate surface area is 141 Å². The first kappa shape index (κ1) is 17.2. The zero-order valence-electron chi connectivity index (χ0n) is 13.9. The maximum Gasteiger partial charge on any atom is 0.271 e. The van der Waals surface area contributed by atoms with Crippen LogP contribution in [0, 0.1) is 0 Å². The molecule has 2 amide bonds. The standard InChI is InChI=1S/C18H20N4O2/c1-13(23)20-16-8-4-14(5-9-16)12-19-21-18(24)15-6-10-17(11-7-15)22(2)3/h4-12H,1-3H3,(H,20,23)(H,21,24). The number of amides is 2. The van der Waals surface area contributed by atoms with Crippen molar-refractivity contribution in [3.05, 3.63) is 59.7 Å². The summed E-state index contributed by atoms with van der Waals surface area (Å²) in [4.78, 5) is 24.9. The lowest BCUT2D eigenvalue weighted by atomic mass is 10.2. The highest BCUT2D eigenvalue weighted by Gasteiger charge is 2.04. The van der Waals surface area contributed by atoms with Crippen LogP contribution < -0.4 is 15.6 Å². The molecule has 6 nitrogen and oxygen atoms in total. The number of rotatable bonds is 5. The first-order valence-electron chi connectivity index (χ1n) is 7.44. The van der Waals surface area contributed by atoms with Gasteiger partial charge in [-0.05, 0) is 42.0 Å². The van der Waals surface area contributed by atoms with Crippen molar-refractivity contribution in [3.8, 4) is 0 Å². The van der Waals surface area contributed by atoms with Crippen molar-refractivity contribution >= 4 is 29.4 Å². The van der Waals surface area contributed by atoms with E-state index in [1.807, 2.05) is 31.1 Å². The topological polar surface area (TPSA) is 73.8 Å². The summed E-state index contributed by atoms with van der Waals surface area (Å²) >= 11 is 0. The molecule has 0 fully saturated rings. The van der Waals surface area contributed by atoms with Gasteiger partial charge in [0.25, 0.3) is 5.91 Å². The predicted octanol–water partition coefficient (Wildman–Crippen LogP) is 2.47. The van der Waals surface area contributed by atoms with E-state index in [0.717, 1.165) is 11.3 Å². The first-order chi connectivity index (χ1) is 11.5. The SMILES string of the molecule is CC(=O)Nc1ccc(C=NNC(=O)c2ccc(N(C)C)cc2)cc1. The second kappa shape index (κ2) is 7.92. The molecule has 2 rings (SSSR count). The van der Waals surface area contributed by atoms with Gasteiger partial charge in [0.2, 0.25) is 5.91 Å². The van der Waals surface area contributed by atoms with E-state index in [4.69, 9.17) is 0 Å². The van der Waals surface area contributed by atoms with Crippen molar-refractivity contribution in [2.45, 2.75) is 6.92 Å². The number of anilines is 2. The normalized spacial score (nSPS) is 10.5. The zero-order valence-corrected chi connectivity index (χ0v) is 13.9. The molecular weight excluding hydrogens is 304 g/mol. The quantitative estimate of drug-likeness (QED) is 0.655. The number of nitrogens with zero attached hydrogens (tertiary/aromatic N) is 2. The van der Waals surface area contributed by atoms with Crippen LogP contribution in [0.4, 0.5) is 11.4 Å². The second-order valence-electron chi connectivity index (χ2n) is 5.44. The molecule has 0 bridgehead atoms. The van der Waals surface area contributed by atoms with Gasteiger partial charge in [0.1, 0.15) is 0 Å². The molecule has 2 aromatic carbocycles. The highest BCUT2D eigenvalue weighted by molar-refractivity contribution is 5.95. The molecule has 2 aromatic rings. The number of hydrogen-bond acceptors (Lipinski definition) is 4. The molecule has 0 aliphatic rings. The van der Waals surface area contributed by atoms with E-state index < -0.39 is 0 Å². The lowest BCUT2D eigenvalue weighted by Gasteiger charge is -2.12. The highest BCUT2D eigenvalue weighted by atomic mass is 16.2. The summed E-state index contributed by atoms with van der Waals surface area (Å²) in [6.45, 7) is 1.45. The minimum Gasteiger partial charge on any atom is -0.378 e. The van der Waals surface area contributed by atoms with Gasteiger partial charge in [0.15, 0.2) is 0 Å². The molecule has 0 saturated heterocycles. The third kappa shape index (κ3) is 4.95. The van der Waals surface area contributed by atoms with Crippen LogP contribution in [0.25, 0.3) is 0 Å². The molecule has 0 atom stereocenters. The van der Waals surface area contributed by atoms with Gasteiger partial charge in [0.05, 0.1) is 6.21 Å². The summed E-state index contributed by atoms with van der Waals surface area (Å²) in [6.07, 6.45) is 1.55. The maximum atomic E-state index is 12.0. The van der Waals surface area contributed by atoms with E-state index in [0.29, 0.717) is 11.3 Å². The van der Waals surface area contributed by atoms with Gasteiger partial charge in [-0.1, -0.05) is 12.1 Å². The number of benzene rings is 2. The summed E-state index contributed by atoms with van der Waals surface area (Å²) in [7, 11) is 3.88. The number of nitrogens with one attached hydrogen (secondary N) is 2. The minimum atomic E-state index is -0.272. The largest absolute Gasteiger partial charge is 0.378 e. The van der Waals surface area contributed by atoms with Gasteiger partial charge >= 0.3 is 0 Å². The van der Waals surface area contributed by atoms with Crippen molar-refractivity contribution < 1.29 is 9.59 Å². The lowest BCUT2D eigenvalue weighted by Crippen LogP contribution is -2.18. The fourth-order valence-electron chi connectivity index (χ4n) is 2.00. The van der Waals surface area contributed by atoms with E-state index in [2.05, 4.69) is 15.8 Å². The molecule has 0 unspecified atom stereocenters. The van der Waals surface area contributed by atoms with Gasteiger partial charge < -0.3 is 10.2 Å². The number of carbonyl (C=O) groups is 2. The molecule has 0 heterocycles. The third-order valence-corrected chi connectivity index (χ3v) is 3.26. The van der Waals surface area contributed by atoms with Crippen LogP contribution in [-0.4, -0.2) is 32.1 Å². The van der Waals surface area contributed by atoms with Crippen LogP contribution in [0.1, 0.15) is 22.8 Å². The summed E-state index contributed by atoms with van der Waals surface area (Å²) in [5, 5.41) is 6.63. The summed E-state index contributed by atoms with van der Waals surface area (Å²) < 4.78 is 0. The molecule has 0 aliphatic carbocycles. The Morgan fingerprint density at radius 1 is 1.00 bits per heavy atom. The van der Waals surface area contributed by atoms with Crippen molar-refractivity contribution in [3.63, 3.8) is 0 Å². The van der Waals surface area contributed by atoms with Gasteiger partial charge in [-0.25, -0.2) is 5.43 Å². The van der Waals surface area contributed by atoms with Gasteiger partial charge in [0, 0.05) is 38.0 Å². The summed E-state index contributed by atoms with van der Waals surface area (Å²) in [6, 6.07) is 14.4. The second-order valence-corrected chi connectivity index (χ2v) is 5.44. The average Bonchev–Trinajstić information content (AvgIpc) is 2.56. The fourth-order valence-corrected chi connectivity index (χ4v) is 2.00. The van der Waals surface area contributed by atoms with E-state index in [1.165, 1.54) is 6.92 Å². The van der Waals surface area contributed by atoms with E-state index in [1.54, 1.807) is 42.6 Å². The number of carbonyl (C=O) groups excluding carboxylic acids is 2. The van der Waals surface area contributed by atoms with E-state index in [9.17, 15) is 9.59 Å². The minimum absolute atomic E-state index is 0.121. The van der Waals surface area contributed by atoms with Crippen LogP contribution in [0.3, 0.4) is 0 Å². The zero-order chi connectivity index (χ0) is 17.5. The number of hydrazone groups is 1. The predicted molar refractivity (Wildman–Crippen MR) is 96.6 cm³/mol. The van der Waals surface area contributed by atoms with Crippen LogP contribution in [0.5, 0.6) is 0 Å². The third-order valence-electron chi connectivity index (χ3n) is 3.26. The highest BCUT2D eigenvalue weighted by Crippen LogP contribution is 2.12. The molecule has 0 aromatic heterocycles. The summed E-state index contributed by atoms with van der Waals surface area (Å²) in [5.74, 6) is -0.393. The monoisotopic (exact) mass is 324 g/mol.